The van der Waals surface area contributed by atoms with E-state index in [9.17, 15) is 10.1 Å². The molecule has 0 aliphatic rings. The van der Waals surface area contributed by atoms with Gasteiger partial charge in [0.15, 0.2) is 5.82 Å². The van der Waals surface area contributed by atoms with Crippen molar-refractivity contribution in [3.05, 3.63) is 58.7 Å². The normalized spacial score (nSPS) is 11.3. The Balaban J connectivity index is 1.68. The van der Waals surface area contributed by atoms with Crippen LogP contribution in [0.4, 0.5) is 0 Å². The highest BCUT2D eigenvalue weighted by Crippen LogP contribution is 2.20. The van der Waals surface area contributed by atoms with E-state index in [1.807, 2.05) is 50.2 Å². The van der Waals surface area contributed by atoms with E-state index in [2.05, 4.69) is 32.0 Å². The number of amides is 1. The zero-order valence-corrected chi connectivity index (χ0v) is 18.2. The average Bonchev–Trinajstić information content (AvgIpc) is 3.36. The Labute approximate surface area is 181 Å². The fourth-order valence-corrected chi connectivity index (χ4v) is 3.35. The fraction of sp³-hybridized carbons (Fsp3) is 0.304. The highest BCUT2D eigenvalue weighted by Gasteiger charge is 2.14. The number of nitriles is 1. The van der Waals surface area contributed by atoms with Gasteiger partial charge in [0.05, 0.1) is 13.7 Å². The van der Waals surface area contributed by atoms with Crippen LogP contribution in [-0.2, 0) is 17.9 Å². The number of ether oxygens (including phenoxy) is 1. The number of rotatable bonds is 8. The molecule has 0 atom stereocenters. The Kier molecular flexibility index (Phi) is 6.88. The summed E-state index contributed by atoms with van der Waals surface area (Å²) in [6.45, 7) is 7.18. The summed E-state index contributed by atoms with van der Waals surface area (Å²) in [6.07, 6.45) is 2.65. The molecule has 3 aromatic rings. The third-order valence-electron chi connectivity index (χ3n) is 5.02. The van der Waals surface area contributed by atoms with E-state index >= 15 is 0 Å². The van der Waals surface area contributed by atoms with Crippen LogP contribution >= 0.6 is 0 Å². The van der Waals surface area contributed by atoms with Gasteiger partial charge in [0.2, 0.25) is 0 Å². The number of aryl methyl sites for hydroxylation is 1. The van der Waals surface area contributed by atoms with Crippen LogP contribution in [-0.4, -0.2) is 32.8 Å². The Hall–Kier alpha value is -3.86. The first kappa shape index (κ1) is 21.8. The molecule has 3 rings (SSSR count). The summed E-state index contributed by atoms with van der Waals surface area (Å²) in [6, 6.07) is 11.4. The van der Waals surface area contributed by atoms with Gasteiger partial charge in [-0.15, -0.1) is 0 Å². The largest absolute Gasteiger partial charge is 0.497 e. The number of carbonyl (C=O) groups is 1. The molecule has 0 unspecified atom stereocenters. The van der Waals surface area contributed by atoms with Crippen LogP contribution < -0.4 is 10.1 Å². The van der Waals surface area contributed by atoms with Crippen molar-refractivity contribution in [2.45, 2.75) is 40.3 Å². The minimum absolute atomic E-state index is 0.0478. The van der Waals surface area contributed by atoms with E-state index in [-0.39, 0.29) is 12.1 Å². The lowest BCUT2D eigenvalue weighted by atomic mass is 10.1. The van der Waals surface area contributed by atoms with Crippen LogP contribution in [0.15, 0.2) is 35.9 Å². The fourth-order valence-electron chi connectivity index (χ4n) is 3.35. The molecule has 1 aromatic carbocycles. The average molecular weight is 419 g/mol. The molecule has 160 valence electrons. The second-order valence-electron chi connectivity index (χ2n) is 7.16. The van der Waals surface area contributed by atoms with Gasteiger partial charge in [0, 0.05) is 23.5 Å². The van der Waals surface area contributed by atoms with Crippen molar-refractivity contribution in [3.63, 3.8) is 0 Å². The highest BCUT2D eigenvalue weighted by molar-refractivity contribution is 6.01. The first-order valence-corrected chi connectivity index (χ1v) is 10.1. The number of aromatic amines is 1. The molecule has 0 fully saturated rings. The second kappa shape index (κ2) is 9.76. The van der Waals surface area contributed by atoms with Crippen molar-refractivity contribution in [1.29, 1.82) is 5.26 Å². The van der Waals surface area contributed by atoms with Gasteiger partial charge in [0.1, 0.15) is 23.2 Å². The van der Waals surface area contributed by atoms with Gasteiger partial charge in [-0.3, -0.25) is 9.89 Å². The maximum Gasteiger partial charge on any atom is 0.262 e. The summed E-state index contributed by atoms with van der Waals surface area (Å²) in [5.41, 5.74) is 3.90. The standard InChI is InChI=1S/C23H26N6O2/c1-5-10-29-15(2)11-18(16(29)3)12-19(13-24)23(30)25-14-21-26-22(28-27-21)17-6-8-20(31-4)9-7-17/h6-9,11-12H,5,10,14H2,1-4H3,(H,25,30)(H,26,27,28)/b19-12+. The number of carbonyl (C=O) groups excluding carboxylic acids is 1. The summed E-state index contributed by atoms with van der Waals surface area (Å²) < 4.78 is 7.34. The van der Waals surface area contributed by atoms with E-state index in [1.54, 1.807) is 13.2 Å². The molecule has 0 aliphatic heterocycles. The lowest BCUT2D eigenvalue weighted by molar-refractivity contribution is -0.117. The molecule has 8 heteroatoms. The summed E-state index contributed by atoms with van der Waals surface area (Å²) in [7, 11) is 1.61. The third kappa shape index (κ3) is 5.01. The topological polar surface area (TPSA) is 109 Å². The first-order valence-electron chi connectivity index (χ1n) is 10.1. The predicted octanol–water partition coefficient (Wildman–Crippen LogP) is 3.53. The van der Waals surface area contributed by atoms with Gasteiger partial charge in [0.25, 0.3) is 5.91 Å². The molecule has 0 bridgehead atoms. The lowest BCUT2D eigenvalue weighted by Gasteiger charge is -2.07. The van der Waals surface area contributed by atoms with Crippen molar-refractivity contribution < 1.29 is 9.53 Å². The van der Waals surface area contributed by atoms with Gasteiger partial charge in [-0.25, -0.2) is 4.98 Å². The number of hydrogen-bond acceptors (Lipinski definition) is 5. The van der Waals surface area contributed by atoms with E-state index in [1.165, 1.54) is 0 Å². The minimum Gasteiger partial charge on any atom is -0.497 e. The quantitative estimate of drug-likeness (QED) is 0.430. The molecule has 0 saturated carbocycles. The molecule has 0 spiro atoms. The van der Waals surface area contributed by atoms with Gasteiger partial charge in [-0.05, 0) is 62.2 Å². The van der Waals surface area contributed by atoms with Gasteiger partial charge < -0.3 is 14.6 Å². The van der Waals surface area contributed by atoms with Crippen LogP contribution in [0, 0.1) is 25.2 Å². The van der Waals surface area contributed by atoms with Crippen molar-refractivity contribution in [2.75, 3.05) is 7.11 Å². The zero-order valence-electron chi connectivity index (χ0n) is 18.2. The number of benzene rings is 1. The Morgan fingerprint density at radius 1 is 1.32 bits per heavy atom. The number of methoxy groups -OCH3 is 1. The van der Waals surface area contributed by atoms with Crippen molar-refractivity contribution in [2.24, 2.45) is 0 Å². The summed E-state index contributed by atoms with van der Waals surface area (Å²) in [5.74, 6) is 1.31. The summed E-state index contributed by atoms with van der Waals surface area (Å²) in [5, 5.41) is 19.2. The van der Waals surface area contributed by atoms with Crippen molar-refractivity contribution in [3.8, 4) is 23.2 Å². The minimum atomic E-state index is -0.454. The number of H-pyrrole nitrogens is 1. The van der Waals surface area contributed by atoms with Crippen LogP contribution in [0.1, 0.15) is 36.1 Å². The first-order chi connectivity index (χ1) is 15.0. The molecule has 0 aliphatic carbocycles. The predicted molar refractivity (Wildman–Crippen MR) is 118 cm³/mol. The molecule has 8 nitrogen and oxygen atoms in total. The lowest BCUT2D eigenvalue weighted by Crippen LogP contribution is -2.24. The number of nitrogens with one attached hydrogen (secondary N) is 2. The zero-order chi connectivity index (χ0) is 22.4. The van der Waals surface area contributed by atoms with Gasteiger partial charge in [-0.1, -0.05) is 6.92 Å². The molecule has 0 saturated heterocycles. The molecule has 2 N–H and O–H groups in total. The molecular weight excluding hydrogens is 392 g/mol. The number of nitrogens with zero attached hydrogens (tertiary/aromatic N) is 4. The van der Waals surface area contributed by atoms with Crippen LogP contribution in [0.2, 0.25) is 0 Å². The van der Waals surface area contributed by atoms with E-state index in [0.29, 0.717) is 11.6 Å². The maximum absolute atomic E-state index is 12.5. The van der Waals surface area contributed by atoms with E-state index < -0.39 is 5.91 Å². The Bertz CT molecular complexity index is 1130. The summed E-state index contributed by atoms with van der Waals surface area (Å²) >= 11 is 0. The molecule has 2 aromatic heterocycles. The van der Waals surface area contributed by atoms with Crippen molar-refractivity contribution in [1.82, 2.24) is 25.1 Å². The summed E-state index contributed by atoms with van der Waals surface area (Å²) in [4.78, 5) is 16.9. The van der Waals surface area contributed by atoms with Crippen LogP contribution in [0.3, 0.4) is 0 Å². The van der Waals surface area contributed by atoms with Crippen LogP contribution in [0.25, 0.3) is 17.5 Å². The van der Waals surface area contributed by atoms with E-state index in [0.717, 1.165) is 41.2 Å². The Morgan fingerprint density at radius 3 is 2.71 bits per heavy atom. The smallest absolute Gasteiger partial charge is 0.262 e. The highest BCUT2D eigenvalue weighted by atomic mass is 16.5. The monoisotopic (exact) mass is 418 g/mol. The molecule has 0 radical (unpaired) electrons. The second-order valence-corrected chi connectivity index (χ2v) is 7.16. The van der Waals surface area contributed by atoms with Crippen LogP contribution in [0.5, 0.6) is 5.75 Å². The van der Waals surface area contributed by atoms with Gasteiger partial charge >= 0.3 is 0 Å². The molecule has 2 heterocycles. The third-order valence-corrected chi connectivity index (χ3v) is 5.02. The Morgan fingerprint density at radius 2 is 2.06 bits per heavy atom. The molecule has 1 amide bonds. The van der Waals surface area contributed by atoms with Gasteiger partial charge in [-0.2, -0.15) is 10.4 Å². The van der Waals surface area contributed by atoms with Crippen molar-refractivity contribution >= 4 is 12.0 Å². The number of hydrogen-bond donors (Lipinski definition) is 2. The van der Waals surface area contributed by atoms with E-state index in [4.69, 9.17) is 4.74 Å². The molecular formula is C23H26N6O2. The maximum atomic E-state index is 12.5. The SMILES string of the molecule is CCCn1c(C)cc(/C=C(\C#N)C(=O)NCc2nc(-c3ccc(OC)cc3)n[nH]2)c1C. The molecule has 31 heavy (non-hydrogen) atoms. The number of aromatic nitrogens is 4.